The van der Waals surface area contributed by atoms with E-state index in [4.69, 9.17) is 21.4 Å². The number of nitrogens with zero attached hydrogens (tertiary/aromatic N) is 3. The molecule has 1 aliphatic rings. The summed E-state index contributed by atoms with van der Waals surface area (Å²) in [4.78, 5) is 13.0. The zero-order chi connectivity index (χ0) is 21.7. The van der Waals surface area contributed by atoms with Gasteiger partial charge in [-0.1, -0.05) is 18.1 Å². The van der Waals surface area contributed by atoms with Gasteiger partial charge in [-0.15, -0.1) is 6.42 Å². The van der Waals surface area contributed by atoms with Crippen LogP contribution >= 0.6 is 0 Å². The van der Waals surface area contributed by atoms with Gasteiger partial charge in [0.25, 0.3) is 0 Å². The molecule has 0 fully saturated rings. The van der Waals surface area contributed by atoms with Gasteiger partial charge in [0.15, 0.2) is 0 Å². The molecule has 0 bridgehead atoms. The van der Waals surface area contributed by atoms with E-state index in [9.17, 15) is 13.2 Å². The fourth-order valence-corrected chi connectivity index (χ4v) is 3.00. The van der Waals surface area contributed by atoms with Gasteiger partial charge in [-0.05, 0) is 29.8 Å². The Morgan fingerprint density at radius 3 is 2.33 bits per heavy atom. The number of hydrogen-bond donors (Lipinski definition) is 2. The summed E-state index contributed by atoms with van der Waals surface area (Å²) in [5.41, 5.74) is 6.49. The fourth-order valence-electron chi connectivity index (χ4n) is 3.00. The monoisotopic (exact) mass is 414 g/mol. The van der Waals surface area contributed by atoms with Gasteiger partial charge in [0, 0.05) is 42.2 Å². The number of fused-ring (bicyclic) bond motifs is 1. The lowest BCUT2D eigenvalue weighted by molar-refractivity contribution is -0.192. The van der Waals surface area contributed by atoms with Crippen molar-refractivity contribution < 1.29 is 23.1 Å². The summed E-state index contributed by atoms with van der Waals surface area (Å²) in [6, 6.07) is 12.1. The van der Waals surface area contributed by atoms with Crippen LogP contribution in [0.2, 0.25) is 0 Å². The van der Waals surface area contributed by atoms with E-state index in [-0.39, 0.29) is 0 Å². The van der Waals surface area contributed by atoms with Gasteiger partial charge in [0.2, 0.25) is 0 Å². The van der Waals surface area contributed by atoms with E-state index in [2.05, 4.69) is 20.9 Å². The minimum absolute atomic E-state index is 0.826. The maximum Gasteiger partial charge on any atom is 0.490 e. The van der Waals surface area contributed by atoms with Crippen LogP contribution in [0, 0.1) is 12.3 Å². The van der Waals surface area contributed by atoms with Gasteiger partial charge >= 0.3 is 12.1 Å². The number of pyridine rings is 1. The van der Waals surface area contributed by atoms with Crippen LogP contribution in [-0.2, 0) is 17.9 Å². The standard InChI is InChI=1S/C19H16N4.C2HF3O2/c1-2-14-3-5-16(6-4-14)19-18(15-7-9-20-10-8-15)17-13-21-11-12-23(17)22-19;3-2(4,5)1(6)7/h1,3-10,21H,11-13H2;(H,6,7). The largest absolute Gasteiger partial charge is 0.490 e. The van der Waals surface area contributed by atoms with E-state index in [0.717, 1.165) is 42.0 Å². The number of carboxylic acid groups (broad SMARTS) is 1. The summed E-state index contributed by atoms with van der Waals surface area (Å²) >= 11 is 0. The molecule has 3 aromatic rings. The van der Waals surface area contributed by atoms with E-state index in [1.807, 2.05) is 48.8 Å². The lowest BCUT2D eigenvalue weighted by Crippen LogP contribution is -2.28. The topological polar surface area (TPSA) is 80.0 Å². The van der Waals surface area contributed by atoms with Crippen LogP contribution in [-0.4, -0.2) is 38.6 Å². The first-order valence-corrected chi connectivity index (χ1v) is 8.89. The number of rotatable bonds is 2. The molecule has 0 aliphatic carbocycles. The quantitative estimate of drug-likeness (QED) is 0.629. The van der Waals surface area contributed by atoms with Crippen molar-refractivity contribution in [2.24, 2.45) is 0 Å². The Hall–Kier alpha value is -3.64. The van der Waals surface area contributed by atoms with E-state index in [0.29, 0.717) is 0 Å². The predicted molar refractivity (Wildman–Crippen MR) is 104 cm³/mol. The third kappa shape index (κ3) is 4.67. The van der Waals surface area contributed by atoms with Gasteiger partial charge in [0.05, 0.1) is 12.2 Å². The zero-order valence-corrected chi connectivity index (χ0v) is 15.6. The number of alkyl halides is 3. The summed E-state index contributed by atoms with van der Waals surface area (Å²) in [5, 5.41) is 15.4. The summed E-state index contributed by atoms with van der Waals surface area (Å²) in [6.45, 7) is 2.66. The molecule has 0 saturated heterocycles. The Kier molecular flexibility index (Phi) is 6.18. The number of carboxylic acids is 1. The Balaban J connectivity index is 0.000000318. The molecule has 0 atom stereocenters. The van der Waals surface area contributed by atoms with E-state index in [1.54, 1.807) is 0 Å². The molecule has 6 nitrogen and oxygen atoms in total. The first kappa shape index (κ1) is 21.1. The summed E-state index contributed by atoms with van der Waals surface area (Å²) in [7, 11) is 0. The Labute approximate surface area is 170 Å². The molecule has 3 heterocycles. The number of terminal acetylenes is 1. The number of carbonyl (C=O) groups is 1. The van der Waals surface area contributed by atoms with Crippen LogP contribution in [0.3, 0.4) is 0 Å². The minimum atomic E-state index is -5.08. The van der Waals surface area contributed by atoms with Crippen LogP contribution in [0.15, 0.2) is 48.8 Å². The molecule has 0 radical (unpaired) electrons. The molecule has 1 aromatic carbocycles. The highest BCUT2D eigenvalue weighted by Gasteiger charge is 2.38. The number of aliphatic carboxylic acids is 1. The van der Waals surface area contributed by atoms with Crippen molar-refractivity contribution in [1.82, 2.24) is 20.1 Å². The van der Waals surface area contributed by atoms with Crippen molar-refractivity contribution in [1.29, 1.82) is 0 Å². The van der Waals surface area contributed by atoms with Crippen molar-refractivity contribution in [3.05, 3.63) is 60.0 Å². The van der Waals surface area contributed by atoms with Crippen LogP contribution in [0.5, 0.6) is 0 Å². The highest BCUT2D eigenvalue weighted by atomic mass is 19.4. The van der Waals surface area contributed by atoms with Crippen LogP contribution < -0.4 is 5.32 Å². The molecule has 2 aromatic heterocycles. The number of aromatic nitrogens is 3. The third-order valence-electron chi connectivity index (χ3n) is 4.39. The number of benzene rings is 1. The molecular weight excluding hydrogens is 397 g/mol. The lowest BCUT2D eigenvalue weighted by atomic mass is 9.98. The molecule has 4 rings (SSSR count). The normalized spacial score (nSPS) is 12.9. The van der Waals surface area contributed by atoms with Crippen LogP contribution in [0.25, 0.3) is 22.4 Å². The minimum Gasteiger partial charge on any atom is -0.475 e. The Morgan fingerprint density at radius 2 is 1.77 bits per heavy atom. The second-order valence-electron chi connectivity index (χ2n) is 6.33. The zero-order valence-electron chi connectivity index (χ0n) is 15.6. The second kappa shape index (κ2) is 8.80. The first-order valence-electron chi connectivity index (χ1n) is 8.89. The number of nitrogens with one attached hydrogen (secondary N) is 1. The molecule has 30 heavy (non-hydrogen) atoms. The van der Waals surface area contributed by atoms with E-state index < -0.39 is 12.1 Å². The van der Waals surface area contributed by atoms with Crippen molar-refractivity contribution in [2.75, 3.05) is 6.54 Å². The van der Waals surface area contributed by atoms with E-state index >= 15 is 0 Å². The Bertz CT molecular complexity index is 1070. The number of halogens is 3. The second-order valence-corrected chi connectivity index (χ2v) is 6.33. The first-order chi connectivity index (χ1) is 14.3. The molecule has 2 N–H and O–H groups in total. The van der Waals surface area contributed by atoms with Gasteiger partial charge < -0.3 is 10.4 Å². The van der Waals surface area contributed by atoms with Crippen molar-refractivity contribution in [2.45, 2.75) is 19.3 Å². The van der Waals surface area contributed by atoms with Crippen molar-refractivity contribution in [3.8, 4) is 34.7 Å². The maximum absolute atomic E-state index is 10.6. The Morgan fingerprint density at radius 1 is 1.13 bits per heavy atom. The van der Waals surface area contributed by atoms with Gasteiger partial charge in [-0.3, -0.25) is 9.67 Å². The van der Waals surface area contributed by atoms with Crippen molar-refractivity contribution in [3.63, 3.8) is 0 Å². The number of hydrogen-bond acceptors (Lipinski definition) is 4. The molecular formula is C21H17F3N4O2. The average molecular weight is 414 g/mol. The lowest BCUT2D eigenvalue weighted by Gasteiger charge is -2.16. The SMILES string of the molecule is C#Cc1ccc(-c2nn3c(c2-c2ccncc2)CNCC3)cc1.O=C(O)C(F)(F)F. The predicted octanol–water partition coefficient (Wildman–Crippen LogP) is 3.33. The van der Waals surface area contributed by atoms with Gasteiger partial charge in [0.1, 0.15) is 5.69 Å². The highest BCUT2D eigenvalue weighted by molar-refractivity contribution is 5.83. The third-order valence-corrected chi connectivity index (χ3v) is 4.39. The van der Waals surface area contributed by atoms with Gasteiger partial charge in [-0.2, -0.15) is 18.3 Å². The molecule has 1 aliphatic heterocycles. The summed E-state index contributed by atoms with van der Waals surface area (Å²) in [6.07, 6.45) is 4.01. The van der Waals surface area contributed by atoms with E-state index in [1.165, 1.54) is 11.3 Å². The highest BCUT2D eigenvalue weighted by Crippen LogP contribution is 2.35. The molecule has 0 unspecified atom stereocenters. The summed E-state index contributed by atoms with van der Waals surface area (Å²) in [5.74, 6) is -0.1000. The molecule has 0 amide bonds. The van der Waals surface area contributed by atoms with Crippen LogP contribution in [0.4, 0.5) is 13.2 Å². The van der Waals surface area contributed by atoms with Crippen LogP contribution in [0.1, 0.15) is 11.3 Å². The molecule has 154 valence electrons. The fraction of sp³-hybridized carbons (Fsp3) is 0.190. The maximum atomic E-state index is 10.6. The smallest absolute Gasteiger partial charge is 0.475 e. The molecule has 9 heteroatoms. The summed E-state index contributed by atoms with van der Waals surface area (Å²) < 4.78 is 33.8. The molecule has 0 spiro atoms. The molecule has 0 saturated carbocycles. The van der Waals surface area contributed by atoms with Crippen molar-refractivity contribution >= 4 is 5.97 Å². The van der Waals surface area contributed by atoms with Gasteiger partial charge in [-0.25, -0.2) is 4.79 Å². The average Bonchev–Trinajstić information content (AvgIpc) is 3.14.